The van der Waals surface area contributed by atoms with Crippen molar-refractivity contribution < 1.29 is 14.3 Å². The monoisotopic (exact) mass is 381 g/mol. The van der Waals surface area contributed by atoms with Gasteiger partial charge in [-0.25, -0.2) is 9.97 Å². The predicted molar refractivity (Wildman–Crippen MR) is 106 cm³/mol. The molecule has 1 aromatic heterocycles. The molecule has 1 heterocycles. The van der Waals surface area contributed by atoms with Gasteiger partial charge in [0.1, 0.15) is 6.10 Å². The number of nitrogens with one attached hydrogen (secondary N) is 1. The number of Topliss-reactive ketones (excluding diaryl/α,β-unsaturated/α-hetero) is 1. The number of hydrogen-bond acceptors (Lipinski definition) is 5. The number of ether oxygens (including phenoxy) is 1. The molecule has 6 heteroatoms. The van der Waals surface area contributed by atoms with Crippen LogP contribution in [0.4, 0.5) is 0 Å². The SMILES string of the molecule is Cc1cc(C)nc(OC2CCC(NC(=O)CCC(=O)c3ccccc3)CC2)n1. The van der Waals surface area contributed by atoms with Crippen molar-refractivity contribution >= 4 is 11.7 Å². The number of ketones is 1. The number of carbonyl (C=O) groups is 2. The minimum absolute atomic E-state index is 0.00121. The van der Waals surface area contributed by atoms with Gasteiger partial charge in [0, 0.05) is 35.8 Å². The summed E-state index contributed by atoms with van der Waals surface area (Å²) < 4.78 is 5.92. The minimum Gasteiger partial charge on any atom is -0.460 e. The van der Waals surface area contributed by atoms with Gasteiger partial charge in [-0.15, -0.1) is 0 Å². The second-order valence-corrected chi connectivity index (χ2v) is 7.38. The lowest BCUT2D eigenvalue weighted by Crippen LogP contribution is -2.39. The summed E-state index contributed by atoms with van der Waals surface area (Å²) in [5.41, 5.74) is 2.45. The maximum Gasteiger partial charge on any atom is 0.317 e. The van der Waals surface area contributed by atoms with E-state index < -0.39 is 0 Å². The fraction of sp³-hybridized carbons (Fsp3) is 0.455. The van der Waals surface area contributed by atoms with E-state index in [0.29, 0.717) is 11.6 Å². The van der Waals surface area contributed by atoms with Crippen molar-refractivity contribution in [3.05, 3.63) is 53.3 Å². The number of hydrogen-bond donors (Lipinski definition) is 1. The van der Waals surface area contributed by atoms with E-state index >= 15 is 0 Å². The lowest BCUT2D eigenvalue weighted by atomic mass is 9.93. The van der Waals surface area contributed by atoms with Gasteiger partial charge in [-0.2, -0.15) is 0 Å². The van der Waals surface area contributed by atoms with Crippen LogP contribution < -0.4 is 10.1 Å². The summed E-state index contributed by atoms with van der Waals surface area (Å²) in [7, 11) is 0. The van der Waals surface area contributed by atoms with Gasteiger partial charge in [0.15, 0.2) is 5.78 Å². The van der Waals surface area contributed by atoms with E-state index in [1.165, 1.54) is 0 Å². The largest absolute Gasteiger partial charge is 0.460 e. The number of aromatic nitrogens is 2. The molecule has 1 fully saturated rings. The third-order valence-electron chi connectivity index (χ3n) is 4.95. The minimum atomic E-state index is -0.0636. The van der Waals surface area contributed by atoms with Crippen LogP contribution in [0, 0.1) is 13.8 Å². The van der Waals surface area contributed by atoms with Crippen molar-refractivity contribution in [3.8, 4) is 6.01 Å². The fourth-order valence-electron chi connectivity index (χ4n) is 3.52. The average molecular weight is 381 g/mol. The van der Waals surface area contributed by atoms with Crippen LogP contribution in [-0.4, -0.2) is 33.8 Å². The van der Waals surface area contributed by atoms with E-state index in [9.17, 15) is 9.59 Å². The Morgan fingerprint density at radius 3 is 2.29 bits per heavy atom. The third-order valence-corrected chi connectivity index (χ3v) is 4.95. The molecule has 28 heavy (non-hydrogen) atoms. The average Bonchev–Trinajstić information content (AvgIpc) is 2.67. The third kappa shape index (κ3) is 5.87. The Balaban J connectivity index is 1.39. The first-order valence-electron chi connectivity index (χ1n) is 9.86. The normalized spacial score (nSPS) is 19.1. The topological polar surface area (TPSA) is 81.2 Å². The Labute approximate surface area is 165 Å². The Kier molecular flexibility index (Phi) is 6.74. The Morgan fingerprint density at radius 2 is 1.64 bits per heavy atom. The molecule has 0 saturated heterocycles. The van der Waals surface area contributed by atoms with Crippen LogP contribution in [0.15, 0.2) is 36.4 Å². The number of amides is 1. The van der Waals surface area contributed by atoms with Gasteiger partial charge < -0.3 is 10.1 Å². The lowest BCUT2D eigenvalue weighted by molar-refractivity contribution is -0.122. The Hall–Kier alpha value is -2.76. The highest BCUT2D eigenvalue weighted by Crippen LogP contribution is 2.22. The zero-order valence-corrected chi connectivity index (χ0v) is 16.5. The first-order chi connectivity index (χ1) is 13.5. The van der Waals surface area contributed by atoms with Gasteiger partial charge in [0.2, 0.25) is 5.91 Å². The smallest absolute Gasteiger partial charge is 0.317 e. The molecule has 1 aromatic carbocycles. The van der Waals surface area contributed by atoms with Crippen LogP contribution in [0.3, 0.4) is 0 Å². The van der Waals surface area contributed by atoms with Gasteiger partial charge in [-0.3, -0.25) is 9.59 Å². The van der Waals surface area contributed by atoms with Crippen molar-refractivity contribution in [1.29, 1.82) is 0 Å². The summed E-state index contributed by atoms with van der Waals surface area (Å²) in [6, 6.07) is 11.6. The molecule has 0 aliphatic heterocycles. The molecule has 0 bridgehead atoms. The van der Waals surface area contributed by atoms with Crippen LogP contribution >= 0.6 is 0 Å². The number of benzene rings is 1. The van der Waals surface area contributed by atoms with Crippen molar-refractivity contribution in [1.82, 2.24) is 15.3 Å². The first-order valence-corrected chi connectivity index (χ1v) is 9.86. The van der Waals surface area contributed by atoms with Gasteiger partial charge in [-0.1, -0.05) is 30.3 Å². The summed E-state index contributed by atoms with van der Waals surface area (Å²) in [5.74, 6) is -0.0624. The van der Waals surface area contributed by atoms with E-state index in [1.54, 1.807) is 12.1 Å². The molecule has 3 rings (SSSR count). The Morgan fingerprint density at radius 1 is 1.00 bits per heavy atom. The highest BCUT2D eigenvalue weighted by molar-refractivity contribution is 5.97. The summed E-state index contributed by atoms with van der Waals surface area (Å²) in [6.45, 7) is 3.85. The summed E-state index contributed by atoms with van der Waals surface area (Å²) >= 11 is 0. The quantitative estimate of drug-likeness (QED) is 0.742. The molecule has 0 atom stereocenters. The summed E-state index contributed by atoms with van der Waals surface area (Å²) in [4.78, 5) is 32.9. The molecule has 1 amide bonds. The fourth-order valence-corrected chi connectivity index (χ4v) is 3.52. The molecule has 0 radical (unpaired) electrons. The lowest BCUT2D eigenvalue weighted by Gasteiger charge is -2.29. The van der Waals surface area contributed by atoms with Crippen LogP contribution in [0.2, 0.25) is 0 Å². The van der Waals surface area contributed by atoms with Crippen LogP contribution in [0.5, 0.6) is 6.01 Å². The second-order valence-electron chi connectivity index (χ2n) is 7.38. The molecule has 1 aliphatic carbocycles. The molecule has 148 valence electrons. The molecule has 1 N–H and O–H groups in total. The number of rotatable bonds is 7. The van der Waals surface area contributed by atoms with Crippen molar-refractivity contribution in [2.24, 2.45) is 0 Å². The van der Waals surface area contributed by atoms with Gasteiger partial charge in [0.05, 0.1) is 0 Å². The zero-order valence-electron chi connectivity index (χ0n) is 16.5. The maximum absolute atomic E-state index is 12.2. The highest BCUT2D eigenvalue weighted by Gasteiger charge is 2.24. The number of aryl methyl sites for hydroxylation is 2. The van der Waals surface area contributed by atoms with E-state index in [-0.39, 0.29) is 36.7 Å². The van der Waals surface area contributed by atoms with E-state index in [1.807, 2.05) is 38.1 Å². The van der Waals surface area contributed by atoms with Crippen molar-refractivity contribution in [2.45, 2.75) is 64.5 Å². The maximum atomic E-state index is 12.2. The number of carbonyl (C=O) groups excluding carboxylic acids is 2. The van der Waals surface area contributed by atoms with E-state index in [4.69, 9.17) is 4.74 Å². The molecule has 6 nitrogen and oxygen atoms in total. The first kappa shape index (κ1) is 20.0. The molecular formula is C22H27N3O3. The van der Waals surface area contributed by atoms with Crippen LogP contribution in [-0.2, 0) is 4.79 Å². The van der Waals surface area contributed by atoms with Crippen LogP contribution in [0.25, 0.3) is 0 Å². The highest BCUT2D eigenvalue weighted by atomic mass is 16.5. The predicted octanol–water partition coefficient (Wildman–Crippen LogP) is 3.56. The van der Waals surface area contributed by atoms with Crippen molar-refractivity contribution in [2.75, 3.05) is 0 Å². The molecule has 1 saturated carbocycles. The van der Waals surface area contributed by atoms with E-state index in [2.05, 4.69) is 15.3 Å². The van der Waals surface area contributed by atoms with Crippen LogP contribution in [0.1, 0.15) is 60.3 Å². The van der Waals surface area contributed by atoms with Gasteiger partial charge in [0.25, 0.3) is 0 Å². The summed E-state index contributed by atoms with van der Waals surface area (Å²) in [5, 5.41) is 3.05. The molecule has 2 aromatic rings. The van der Waals surface area contributed by atoms with Crippen molar-refractivity contribution in [3.63, 3.8) is 0 Å². The molecule has 0 spiro atoms. The Bertz CT molecular complexity index is 795. The number of nitrogens with zero attached hydrogens (tertiary/aromatic N) is 2. The van der Waals surface area contributed by atoms with Gasteiger partial charge >= 0.3 is 6.01 Å². The molecule has 0 unspecified atom stereocenters. The van der Waals surface area contributed by atoms with Gasteiger partial charge in [-0.05, 0) is 45.6 Å². The zero-order chi connectivity index (χ0) is 19.9. The second kappa shape index (κ2) is 9.44. The standard InChI is InChI=1S/C22H27N3O3/c1-15-14-16(2)24-22(23-15)28-19-10-8-18(9-11-19)25-21(27)13-12-20(26)17-6-4-3-5-7-17/h3-7,14,18-19H,8-13H2,1-2H3,(H,25,27). The molecular weight excluding hydrogens is 354 g/mol. The summed E-state index contributed by atoms with van der Waals surface area (Å²) in [6.07, 6.45) is 3.95. The van der Waals surface area contributed by atoms with E-state index in [0.717, 1.165) is 37.1 Å². The molecule has 1 aliphatic rings.